The zero-order chi connectivity index (χ0) is 20.2. The average Bonchev–Trinajstić information content (AvgIpc) is 3.25. The first-order valence-electron chi connectivity index (χ1n) is 9.82. The third kappa shape index (κ3) is 4.06. The Balaban J connectivity index is 1.52. The van der Waals surface area contributed by atoms with Gasteiger partial charge in [0, 0.05) is 17.7 Å². The molecule has 1 N–H and O–H groups in total. The van der Waals surface area contributed by atoms with Gasteiger partial charge in [-0.3, -0.25) is 9.59 Å². The number of hydrogen-bond acceptors (Lipinski definition) is 3. The topological polar surface area (TPSA) is 55.4 Å². The molecular formula is C25H23NO3. The third-order valence-electron chi connectivity index (χ3n) is 5.39. The van der Waals surface area contributed by atoms with Crippen molar-refractivity contribution in [2.45, 2.75) is 25.8 Å². The molecule has 0 spiro atoms. The fraction of sp³-hybridized carbons (Fsp3) is 0.200. The van der Waals surface area contributed by atoms with Gasteiger partial charge in [-0.05, 0) is 60.2 Å². The number of fused-ring (bicyclic) bond motifs is 1. The Morgan fingerprint density at radius 3 is 2.38 bits per heavy atom. The number of benzene rings is 3. The summed E-state index contributed by atoms with van der Waals surface area (Å²) in [5.74, 6) is 0.395. The molecular weight excluding hydrogens is 362 g/mol. The van der Waals surface area contributed by atoms with E-state index in [0.717, 1.165) is 30.6 Å². The number of carbonyl (C=O) groups excluding carboxylic acids is 2. The van der Waals surface area contributed by atoms with Gasteiger partial charge in [-0.15, -0.1) is 0 Å². The van der Waals surface area contributed by atoms with E-state index in [4.69, 9.17) is 4.74 Å². The number of rotatable bonds is 6. The van der Waals surface area contributed by atoms with Crippen LogP contribution in [0.2, 0.25) is 0 Å². The van der Waals surface area contributed by atoms with E-state index in [1.54, 1.807) is 31.4 Å². The SMILES string of the molecule is COc1ccc(CNC(=O)c2ccccc2C(=O)c2ccc3c(c2)CCC3)cc1. The summed E-state index contributed by atoms with van der Waals surface area (Å²) in [6, 6.07) is 20.4. The molecule has 0 aromatic heterocycles. The van der Waals surface area contributed by atoms with Crippen molar-refractivity contribution in [1.29, 1.82) is 0 Å². The highest BCUT2D eigenvalue weighted by Gasteiger charge is 2.20. The Kier molecular flexibility index (Phi) is 5.43. The van der Waals surface area contributed by atoms with Crippen molar-refractivity contribution < 1.29 is 14.3 Å². The molecule has 4 nitrogen and oxygen atoms in total. The largest absolute Gasteiger partial charge is 0.497 e. The maximum atomic E-state index is 13.1. The van der Waals surface area contributed by atoms with Gasteiger partial charge in [-0.25, -0.2) is 0 Å². The molecule has 0 fully saturated rings. The lowest BCUT2D eigenvalue weighted by Gasteiger charge is -2.11. The molecule has 0 radical (unpaired) electrons. The number of amides is 1. The van der Waals surface area contributed by atoms with Crippen LogP contribution in [0.15, 0.2) is 66.7 Å². The molecule has 0 heterocycles. The summed E-state index contributed by atoms with van der Waals surface area (Å²) in [4.78, 5) is 25.9. The molecule has 0 aliphatic heterocycles. The van der Waals surface area contributed by atoms with Crippen molar-refractivity contribution >= 4 is 11.7 Å². The Bertz CT molecular complexity index is 1050. The maximum Gasteiger partial charge on any atom is 0.252 e. The van der Waals surface area contributed by atoms with Crippen LogP contribution in [-0.4, -0.2) is 18.8 Å². The molecule has 1 aliphatic carbocycles. The average molecular weight is 385 g/mol. The molecule has 3 aromatic rings. The minimum absolute atomic E-state index is 0.116. The van der Waals surface area contributed by atoms with Gasteiger partial charge in [0.1, 0.15) is 5.75 Å². The zero-order valence-electron chi connectivity index (χ0n) is 16.4. The third-order valence-corrected chi connectivity index (χ3v) is 5.39. The van der Waals surface area contributed by atoms with E-state index in [-0.39, 0.29) is 11.7 Å². The number of aryl methyl sites for hydroxylation is 2. The van der Waals surface area contributed by atoms with E-state index in [0.29, 0.717) is 23.2 Å². The second kappa shape index (κ2) is 8.31. The Morgan fingerprint density at radius 1 is 0.897 bits per heavy atom. The predicted molar refractivity (Wildman–Crippen MR) is 113 cm³/mol. The van der Waals surface area contributed by atoms with Crippen LogP contribution in [0, 0.1) is 0 Å². The van der Waals surface area contributed by atoms with Crippen LogP contribution in [0.25, 0.3) is 0 Å². The van der Waals surface area contributed by atoms with Crippen LogP contribution >= 0.6 is 0 Å². The molecule has 4 heteroatoms. The fourth-order valence-corrected chi connectivity index (χ4v) is 3.77. The van der Waals surface area contributed by atoms with E-state index >= 15 is 0 Å². The number of ether oxygens (including phenoxy) is 1. The highest BCUT2D eigenvalue weighted by molar-refractivity contribution is 6.15. The summed E-state index contributed by atoms with van der Waals surface area (Å²) >= 11 is 0. The first-order valence-corrected chi connectivity index (χ1v) is 9.82. The standard InChI is InChI=1S/C25H23NO3/c1-29-21-13-9-17(10-14-21)16-26-25(28)23-8-3-2-7-22(23)24(27)20-12-11-18-5-4-6-19(18)15-20/h2-3,7-15H,4-6,16H2,1H3,(H,26,28). The van der Waals surface area contributed by atoms with Gasteiger partial charge in [-0.2, -0.15) is 0 Å². The van der Waals surface area contributed by atoms with Gasteiger partial charge in [0.05, 0.1) is 12.7 Å². The van der Waals surface area contributed by atoms with E-state index in [2.05, 4.69) is 5.32 Å². The number of nitrogens with one attached hydrogen (secondary N) is 1. The minimum atomic E-state index is -0.258. The van der Waals surface area contributed by atoms with Gasteiger partial charge >= 0.3 is 0 Å². The molecule has 0 saturated heterocycles. The van der Waals surface area contributed by atoms with Crippen LogP contribution < -0.4 is 10.1 Å². The highest BCUT2D eigenvalue weighted by Crippen LogP contribution is 2.24. The minimum Gasteiger partial charge on any atom is -0.497 e. The molecule has 4 rings (SSSR count). The fourth-order valence-electron chi connectivity index (χ4n) is 3.77. The molecule has 0 unspecified atom stereocenters. The van der Waals surface area contributed by atoms with Crippen LogP contribution in [0.4, 0.5) is 0 Å². The second-order valence-corrected chi connectivity index (χ2v) is 7.24. The Hall–Kier alpha value is -3.40. The number of carbonyl (C=O) groups is 2. The first-order chi connectivity index (χ1) is 14.2. The highest BCUT2D eigenvalue weighted by atomic mass is 16.5. The number of methoxy groups -OCH3 is 1. The molecule has 146 valence electrons. The van der Waals surface area contributed by atoms with Crippen molar-refractivity contribution in [3.8, 4) is 5.75 Å². The van der Waals surface area contributed by atoms with Gasteiger partial charge < -0.3 is 10.1 Å². The Labute approximate surface area is 170 Å². The normalized spacial score (nSPS) is 12.3. The van der Waals surface area contributed by atoms with Crippen LogP contribution in [0.5, 0.6) is 5.75 Å². The van der Waals surface area contributed by atoms with E-state index in [1.165, 1.54) is 11.1 Å². The molecule has 1 aliphatic rings. The van der Waals surface area contributed by atoms with Crippen molar-refractivity contribution in [3.63, 3.8) is 0 Å². The van der Waals surface area contributed by atoms with E-state index < -0.39 is 0 Å². The summed E-state index contributed by atoms with van der Waals surface area (Å²) in [5, 5.41) is 2.91. The molecule has 3 aromatic carbocycles. The van der Waals surface area contributed by atoms with E-state index in [1.807, 2.05) is 42.5 Å². The number of ketones is 1. The Morgan fingerprint density at radius 2 is 1.62 bits per heavy atom. The lowest BCUT2D eigenvalue weighted by molar-refractivity contribution is 0.0939. The summed E-state index contributed by atoms with van der Waals surface area (Å²) in [6.45, 7) is 0.379. The van der Waals surface area contributed by atoms with Crippen LogP contribution in [0.3, 0.4) is 0 Å². The van der Waals surface area contributed by atoms with Crippen molar-refractivity contribution in [2.24, 2.45) is 0 Å². The van der Waals surface area contributed by atoms with Crippen LogP contribution in [-0.2, 0) is 19.4 Å². The second-order valence-electron chi connectivity index (χ2n) is 7.24. The van der Waals surface area contributed by atoms with Crippen molar-refractivity contribution in [3.05, 3.63) is 100 Å². The lowest BCUT2D eigenvalue weighted by Crippen LogP contribution is -2.25. The maximum absolute atomic E-state index is 13.1. The van der Waals surface area contributed by atoms with Crippen LogP contribution in [0.1, 0.15) is 49.4 Å². The molecule has 0 bridgehead atoms. The summed E-state index contributed by atoms with van der Waals surface area (Å²) in [5.41, 5.74) is 5.00. The number of hydrogen-bond donors (Lipinski definition) is 1. The monoisotopic (exact) mass is 385 g/mol. The molecule has 0 saturated carbocycles. The zero-order valence-corrected chi connectivity index (χ0v) is 16.4. The molecule has 29 heavy (non-hydrogen) atoms. The van der Waals surface area contributed by atoms with E-state index in [9.17, 15) is 9.59 Å². The summed E-state index contributed by atoms with van der Waals surface area (Å²) in [6.07, 6.45) is 3.23. The quantitative estimate of drug-likeness (QED) is 0.642. The molecule has 1 amide bonds. The summed E-state index contributed by atoms with van der Waals surface area (Å²) < 4.78 is 5.15. The first kappa shape index (κ1) is 18.9. The van der Waals surface area contributed by atoms with Gasteiger partial charge in [0.2, 0.25) is 0 Å². The smallest absolute Gasteiger partial charge is 0.252 e. The molecule has 0 atom stereocenters. The van der Waals surface area contributed by atoms with Crippen molar-refractivity contribution in [2.75, 3.05) is 7.11 Å². The van der Waals surface area contributed by atoms with Crippen molar-refractivity contribution in [1.82, 2.24) is 5.32 Å². The van der Waals surface area contributed by atoms with Gasteiger partial charge in [-0.1, -0.05) is 42.5 Å². The lowest BCUT2D eigenvalue weighted by atomic mass is 9.95. The van der Waals surface area contributed by atoms with Gasteiger partial charge in [0.25, 0.3) is 5.91 Å². The predicted octanol–water partition coefficient (Wildman–Crippen LogP) is 4.34. The van der Waals surface area contributed by atoms with Gasteiger partial charge in [0.15, 0.2) is 5.78 Å². The summed E-state index contributed by atoms with van der Waals surface area (Å²) in [7, 11) is 1.62.